The average Bonchev–Trinajstić information content (AvgIpc) is 3.14. The molecule has 0 bridgehead atoms. The predicted octanol–water partition coefficient (Wildman–Crippen LogP) is 4.49. The Labute approximate surface area is 138 Å². The highest BCUT2D eigenvalue weighted by molar-refractivity contribution is 7.19. The molecule has 0 fully saturated rings. The minimum atomic E-state index is -0.206. The minimum Gasteiger partial charge on any atom is -0.365 e. The molecule has 3 nitrogen and oxygen atoms in total. The van der Waals surface area contributed by atoms with Gasteiger partial charge in [0.2, 0.25) is 0 Å². The predicted molar refractivity (Wildman–Crippen MR) is 92.5 cm³/mol. The van der Waals surface area contributed by atoms with Gasteiger partial charge in [0.1, 0.15) is 22.3 Å². The topological polar surface area (TPSA) is 37.8 Å². The molecule has 4 rings (SSSR count). The lowest BCUT2D eigenvalue weighted by atomic mass is 10.1. The molecular formula is C18H18FN3S. The van der Waals surface area contributed by atoms with Crippen molar-refractivity contribution >= 4 is 27.4 Å². The fraction of sp³-hybridized carbons (Fsp3) is 0.333. The van der Waals surface area contributed by atoms with Crippen LogP contribution in [-0.2, 0) is 25.8 Å². The first kappa shape index (κ1) is 14.6. The Kier molecular flexibility index (Phi) is 3.73. The number of fused-ring (bicyclic) bond motifs is 3. The van der Waals surface area contributed by atoms with E-state index in [1.165, 1.54) is 34.4 Å². The second-order valence-electron chi connectivity index (χ2n) is 5.86. The van der Waals surface area contributed by atoms with E-state index in [1.54, 1.807) is 12.1 Å². The summed E-state index contributed by atoms with van der Waals surface area (Å²) in [7, 11) is 0. The van der Waals surface area contributed by atoms with Gasteiger partial charge in [-0.15, -0.1) is 11.3 Å². The average molecular weight is 327 g/mol. The summed E-state index contributed by atoms with van der Waals surface area (Å²) in [5.41, 5.74) is 2.47. The number of aromatic nitrogens is 2. The molecule has 1 aromatic carbocycles. The largest absolute Gasteiger partial charge is 0.365 e. The third-order valence-electron chi connectivity index (χ3n) is 4.30. The Morgan fingerprint density at radius 2 is 2.00 bits per heavy atom. The molecule has 1 aliphatic rings. The lowest BCUT2D eigenvalue weighted by Gasteiger charge is -2.10. The molecule has 1 aliphatic carbocycles. The van der Waals surface area contributed by atoms with Crippen molar-refractivity contribution in [3.05, 3.63) is 51.9 Å². The summed E-state index contributed by atoms with van der Waals surface area (Å²) >= 11 is 1.81. The lowest BCUT2D eigenvalue weighted by Crippen LogP contribution is -2.05. The second-order valence-corrected chi connectivity index (χ2v) is 6.94. The van der Waals surface area contributed by atoms with Crippen LogP contribution in [0.5, 0.6) is 0 Å². The molecular weight excluding hydrogens is 309 g/mol. The van der Waals surface area contributed by atoms with Gasteiger partial charge in [-0.25, -0.2) is 14.4 Å². The van der Waals surface area contributed by atoms with Crippen molar-refractivity contribution in [3.63, 3.8) is 0 Å². The van der Waals surface area contributed by atoms with Gasteiger partial charge < -0.3 is 5.32 Å². The zero-order valence-corrected chi connectivity index (χ0v) is 13.8. The molecule has 1 N–H and O–H groups in total. The van der Waals surface area contributed by atoms with Crippen molar-refractivity contribution in [2.75, 3.05) is 5.32 Å². The van der Waals surface area contributed by atoms with Crippen LogP contribution >= 0.6 is 11.3 Å². The SMILES string of the molecule is CCc1nc(NCc2ccc(F)cc2)c2c3c(sc2n1)CCC3. The van der Waals surface area contributed by atoms with Crippen LogP contribution in [0, 0.1) is 5.82 Å². The number of hydrogen-bond donors (Lipinski definition) is 1. The summed E-state index contributed by atoms with van der Waals surface area (Å²) in [6, 6.07) is 6.59. The van der Waals surface area contributed by atoms with E-state index in [1.807, 2.05) is 11.3 Å². The van der Waals surface area contributed by atoms with Crippen molar-refractivity contribution in [3.8, 4) is 0 Å². The van der Waals surface area contributed by atoms with Gasteiger partial charge in [-0.1, -0.05) is 19.1 Å². The van der Waals surface area contributed by atoms with Gasteiger partial charge in [0.25, 0.3) is 0 Å². The summed E-state index contributed by atoms with van der Waals surface area (Å²) < 4.78 is 13.0. The number of rotatable bonds is 4. The molecule has 0 atom stereocenters. The van der Waals surface area contributed by atoms with Gasteiger partial charge >= 0.3 is 0 Å². The number of benzene rings is 1. The van der Waals surface area contributed by atoms with Crippen molar-refractivity contribution < 1.29 is 4.39 Å². The van der Waals surface area contributed by atoms with E-state index in [2.05, 4.69) is 12.2 Å². The van der Waals surface area contributed by atoms with Crippen LogP contribution in [0.4, 0.5) is 10.2 Å². The number of halogens is 1. The highest BCUT2D eigenvalue weighted by atomic mass is 32.1. The standard InChI is InChI=1S/C18H18FN3S/c1-2-15-21-17(20-10-11-6-8-12(19)9-7-11)16-13-4-3-5-14(13)23-18(16)22-15/h6-9H,2-5,10H2,1H3,(H,20,21,22). The van der Waals surface area contributed by atoms with E-state index in [4.69, 9.17) is 9.97 Å². The summed E-state index contributed by atoms with van der Waals surface area (Å²) in [5.74, 6) is 1.59. The van der Waals surface area contributed by atoms with Crippen LogP contribution < -0.4 is 5.32 Å². The first-order valence-corrected chi connectivity index (χ1v) is 8.85. The Balaban J connectivity index is 1.71. The monoisotopic (exact) mass is 327 g/mol. The number of nitrogens with one attached hydrogen (secondary N) is 1. The fourth-order valence-electron chi connectivity index (χ4n) is 3.11. The van der Waals surface area contributed by atoms with E-state index in [0.29, 0.717) is 6.54 Å². The Hall–Kier alpha value is -2.01. The molecule has 2 aromatic heterocycles. The quantitative estimate of drug-likeness (QED) is 0.767. The summed E-state index contributed by atoms with van der Waals surface area (Å²) in [4.78, 5) is 12.0. The van der Waals surface area contributed by atoms with Gasteiger partial charge in [-0.2, -0.15) is 0 Å². The first-order chi connectivity index (χ1) is 11.2. The number of nitrogens with zero attached hydrogens (tertiary/aromatic N) is 2. The van der Waals surface area contributed by atoms with Crippen LogP contribution in [0.15, 0.2) is 24.3 Å². The van der Waals surface area contributed by atoms with Crippen LogP contribution in [0.25, 0.3) is 10.2 Å². The lowest BCUT2D eigenvalue weighted by molar-refractivity contribution is 0.627. The maximum atomic E-state index is 13.0. The molecule has 0 radical (unpaired) electrons. The third-order valence-corrected chi connectivity index (χ3v) is 5.49. The van der Waals surface area contributed by atoms with Crippen LogP contribution in [0.1, 0.15) is 35.2 Å². The maximum Gasteiger partial charge on any atom is 0.139 e. The number of aryl methyl sites for hydroxylation is 3. The molecule has 3 aromatic rings. The van der Waals surface area contributed by atoms with Crippen molar-refractivity contribution in [1.29, 1.82) is 0 Å². The van der Waals surface area contributed by atoms with Gasteiger partial charge in [0.05, 0.1) is 5.39 Å². The minimum absolute atomic E-state index is 0.206. The molecule has 0 unspecified atom stereocenters. The third kappa shape index (κ3) is 2.70. The normalized spacial score (nSPS) is 13.5. The number of anilines is 1. The second kappa shape index (κ2) is 5.89. The number of thiophene rings is 1. The Bertz CT molecular complexity index is 855. The van der Waals surface area contributed by atoms with Gasteiger partial charge in [0, 0.05) is 17.8 Å². The van der Waals surface area contributed by atoms with E-state index in [9.17, 15) is 4.39 Å². The van der Waals surface area contributed by atoms with Crippen molar-refractivity contribution in [2.24, 2.45) is 0 Å². The van der Waals surface area contributed by atoms with Crippen molar-refractivity contribution in [2.45, 2.75) is 39.2 Å². The van der Waals surface area contributed by atoms with Gasteiger partial charge in [-0.05, 0) is 42.5 Å². The van der Waals surface area contributed by atoms with E-state index in [-0.39, 0.29) is 5.82 Å². The molecule has 2 heterocycles. The zero-order valence-electron chi connectivity index (χ0n) is 13.0. The smallest absolute Gasteiger partial charge is 0.139 e. The first-order valence-electron chi connectivity index (χ1n) is 8.04. The van der Waals surface area contributed by atoms with E-state index in [0.717, 1.165) is 41.3 Å². The molecule has 0 saturated heterocycles. The fourth-order valence-corrected chi connectivity index (χ4v) is 4.39. The Morgan fingerprint density at radius 1 is 1.17 bits per heavy atom. The van der Waals surface area contributed by atoms with Gasteiger partial charge in [0.15, 0.2) is 0 Å². The van der Waals surface area contributed by atoms with E-state index >= 15 is 0 Å². The molecule has 0 aliphatic heterocycles. The molecule has 5 heteroatoms. The van der Waals surface area contributed by atoms with Gasteiger partial charge in [-0.3, -0.25) is 0 Å². The molecule has 23 heavy (non-hydrogen) atoms. The summed E-state index contributed by atoms with van der Waals surface area (Å²) in [5, 5.41) is 4.64. The van der Waals surface area contributed by atoms with Crippen LogP contribution in [0.3, 0.4) is 0 Å². The zero-order chi connectivity index (χ0) is 15.8. The van der Waals surface area contributed by atoms with Crippen molar-refractivity contribution in [1.82, 2.24) is 9.97 Å². The molecule has 0 spiro atoms. The summed E-state index contributed by atoms with van der Waals surface area (Å²) in [6.07, 6.45) is 4.33. The summed E-state index contributed by atoms with van der Waals surface area (Å²) in [6.45, 7) is 2.71. The Morgan fingerprint density at radius 3 is 2.78 bits per heavy atom. The number of hydrogen-bond acceptors (Lipinski definition) is 4. The highest BCUT2D eigenvalue weighted by Crippen LogP contribution is 2.39. The van der Waals surface area contributed by atoms with E-state index < -0.39 is 0 Å². The molecule has 118 valence electrons. The highest BCUT2D eigenvalue weighted by Gasteiger charge is 2.22. The molecule has 0 amide bonds. The van der Waals surface area contributed by atoms with Crippen LogP contribution in [-0.4, -0.2) is 9.97 Å². The van der Waals surface area contributed by atoms with Crippen LogP contribution in [0.2, 0.25) is 0 Å². The maximum absolute atomic E-state index is 13.0. The molecule has 0 saturated carbocycles.